The van der Waals surface area contributed by atoms with Gasteiger partial charge in [0.05, 0.1) is 17.7 Å². The fourth-order valence-corrected chi connectivity index (χ4v) is 2.45. The molecule has 110 valence electrons. The fraction of sp³-hybridized carbons (Fsp3) is 0.375. The summed E-state index contributed by atoms with van der Waals surface area (Å²) in [6, 6.07) is 9.37. The molecule has 0 spiro atoms. The van der Waals surface area contributed by atoms with E-state index in [1.807, 2.05) is 38.1 Å². The molecule has 0 radical (unpaired) electrons. The van der Waals surface area contributed by atoms with E-state index in [9.17, 15) is 4.79 Å². The minimum absolute atomic E-state index is 0.119. The fourth-order valence-electron chi connectivity index (χ4n) is 2.45. The first kappa shape index (κ1) is 14.0. The molecule has 1 unspecified atom stereocenters. The Morgan fingerprint density at radius 1 is 1.38 bits per heavy atom. The highest BCUT2D eigenvalue weighted by atomic mass is 16.7. The highest BCUT2D eigenvalue weighted by Crippen LogP contribution is 2.22. The summed E-state index contributed by atoms with van der Waals surface area (Å²) in [6.07, 6.45) is 1.57. The van der Waals surface area contributed by atoms with Gasteiger partial charge in [-0.3, -0.25) is 9.78 Å². The zero-order valence-corrected chi connectivity index (χ0v) is 12.1. The van der Waals surface area contributed by atoms with Crippen molar-refractivity contribution in [1.82, 2.24) is 10.3 Å². The van der Waals surface area contributed by atoms with Gasteiger partial charge in [-0.15, -0.1) is 0 Å². The Hall–Kier alpha value is -1.98. The van der Waals surface area contributed by atoms with Crippen LogP contribution in [0.25, 0.3) is 10.9 Å². The van der Waals surface area contributed by atoms with E-state index in [1.54, 1.807) is 12.3 Å². The van der Waals surface area contributed by atoms with Crippen LogP contribution in [-0.4, -0.2) is 35.9 Å². The summed E-state index contributed by atoms with van der Waals surface area (Å²) >= 11 is 0. The molecule has 5 heteroatoms. The standard InChI is InChI=1S/C16H18N2O3/c1-16(2)20-10-12(21-16)9-18-15(19)13-7-3-5-11-6-4-8-17-14(11)13/h3-8,12H,9-10H2,1-2H3,(H,18,19). The highest BCUT2D eigenvalue weighted by Gasteiger charge is 2.32. The van der Waals surface area contributed by atoms with Gasteiger partial charge in [-0.25, -0.2) is 0 Å². The number of nitrogens with one attached hydrogen (secondary N) is 1. The van der Waals surface area contributed by atoms with E-state index in [-0.39, 0.29) is 12.0 Å². The topological polar surface area (TPSA) is 60.5 Å². The van der Waals surface area contributed by atoms with E-state index in [0.717, 1.165) is 5.39 Å². The van der Waals surface area contributed by atoms with Crippen molar-refractivity contribution >= 4 is 16.8 Å². The number of para-hydroxylation sites is 1. The number of nitrogens with zero attached hydrogens (tertiary/aromatic N) is 1. The molecule has 1 aromatic carbocycles. The maximum Gasteiger partial charge on any atom is 0.253 e. The minimum Gasteiger partial charge on any atom is -0.349 e. The Balaban J connectivity index is 1.70. The summed E-state index contributed by atoms with van der Waals surface area (Å²) < 4.78 is 11.1. The van der Waals surface area contributed by atoms with Crippen molar-refractivity contribution in [2.24, 2.45) is 0 Å². The molecule has 1 aliphatic rings. The van der Waals surface area contributed by atoms with Gasteiger partial charge < -0.3 is 14.8 Å². The SMILES string of the molecule is CC1(C)OCC(CNC(=O)c2cccc3cccnc23)O1. The van der Waals surface area contributed by atoms with Crippen LogP contribution in [0, 0.1) is 0 Å². The van der Waals surface area contributed by atoms with Gasteiger partial charge in [0.1, 0.15) is 6.10 Å². The number of ether oxygens (including phenoxy) is 2. The molecule has 2 aromatic rings. The summed E-state index contributed by atoms with van der Waals surface area (Å²) in [5, 5.41) is 3.84. The summed E-state index contributed by atoms with van der Waals surface area (Å²) in [5.74, 6) is -0.719. The molecule has 2 heterocycles. The average Bonchev–Trinajstić information content (AvgIpc) is 2.83. The lowest BCUT2D eigenvalue weighted by Gasteiger charge is -2.17. The molecule has 1 saturated heterocycles. The molecule has 21 heavy (non-hydrogen) atoms. The van der Waals surface area contributed by atoms with E-state index >= 15 is 0 Å². The minimum atomic E-state index is -0.573. The Morgan fingerprint density at radius 2 is 2.19 bits per heavy atom. The van der Waals surface area contributed by atoms with Gasteiger partial charge in [0, 0.05) is 18.1 Å². The first-order chi connectivity index (χ1) is 10.1. The van der Waals surface area contributed by atoms with Crippen LogP contribution in [0.2, 0.25) is 0 Å². The van der Waals surface area contributed by atoms with Crippen LogP contribution < -0.4 is 5.32 Å². The lowest BCUT2D eigenvalue weighted by Crippen LogP contribution is -2.34. The number of carbonyl (C=O) groups excluding carboxylic acids is 1. The first-order valence-corrected chi connectivity index (χ1v) is 6.99. The van der Waals surface area contributed by atoms with E-state index in [2.05, 4.69) is 10.3 Å². The van der Waals surface area contributed by atoms with Crippen LogP contribution in [-0.2, 0) is 9.47 Å². The number of benzene rings is 1. The molecule has 3 rings (SSSR count). The average molecular weight is 286 g/mol. The second-order valence-corrected chi connectivity index (χ2v) is 5.54. The van der Waals surface area contributed by atoms with Gasteiger partial charge in [0.2, 0.25) is 0 Å². The lowest BCUT2D eigenvalue weighted by atomic mass is 10.1. The van der Waals surface area contributed by atoms with Crippen LogP contribution in [0.15, 0.2) is 36.5 Å². The van der Waals surface area contributed by atoms with Crippen molar-refractivity contribution in [3.05, 3.63) is 42.1 Å². The third-order valence-corrected chi connectivity index (χ3v) is 3.43. The monoisotopic (exact) mass is 286 g/mol. The Labute approximate surface area is 123 Å². The number of amides is 1. The van der Waals surface area contributed by atoms with E-state index in [0.29, 0.717) is 24.2 Å². The van der Waals surface area contributed by atoms with Crippen LogP contribution in [0.4, 0.5) is 0 Å². The maximum atomic E-state index is 12.3. The number of aromatic nitrogens is 1. The van der Waals surface area contributed by atoms with Crippen molar-refractivity contribution in [2.45, 2.75) is 25.7 Å². The van der Waals surface area contributed by atoms with Crippen LogP contribution in [0.3, 0.4) is 0 Å². The number of fused-ring (bicyclic) bond motifs is 1. The zero-order valence-electron chi connectivity index (χ0n) is 12.1. The smallest absolute Gasteiger partial charge is 0.253 e. The summed E-state index contributed by atoms with van der Waals surface area (Å²) in [6.45, 7) is 4.64. The van der Waals surface area contributed by atoms with Gasteiger partial charge >= 0.3 is 0 Å². The third kappa shape index (κ3) is 3.04. The Bertz CT molecular complexity index is 664. The van der Waals surface area contributed by atoms with Gasteiger partial charge in [-0.2, -0.15) is 0 Å². The third-order valence-electron chi connectivity index (χ3n) is 3.43. The number of pyridine rings is 1. The largest absolute Gasteiger partial charge is 0.349 e. The van der Waals surface area contributed by atoms with E-state index in [1.165, 1.54) is 0 Å². The van der Waals surface area contributed by atoms with Crippen LogP contribution >= 0.6 is 0 Å². The molecule has 1 aromatic heterocycles. The number of carbonyl (C=O) groups is 1. The van der Waals surface area contributed by atoms with Gasteiger partial charge in [0.15, 0.2) is 5.79 Å². The molecular weight excluding hydrogens is 268 g/mol. The van der Waals surface area contributed by atoms with E-state index in [4.69, 9.17) is 9.47 Å². The predicted octanol–water partition coefficient (Wildman–Crippen LogP) is 2.12. The number of hydrogen-bond donors (Lipinski definition) is 1. The van der Waals surface area contributed by atoms with Crippen molar-refractivity contribution in [3.63, 3.8) is 0 Å². The number of rotatable bonds is 3. The second-order valence-electron chi connectivity index (χ2n) is 5.54. The molecule has 1 aliphatic heterocycles. The Kier molecular flexibility index (Phi) is 3.61. The summed E-state index contributed by atoms with van der Waals surface area (Å²) in [4.78, 5) is 16.6. The highest BCUT2D eigenvalue weighted by molar-refractivity contribution is 6.05. The number of hydrogen-bond acceptors (Lipinski definition) is 4. The van der Waals surface area contributed by atoms with Crippen LogP contribution in [0.5, 0.6) is 0 Å². The van der Waals surface area contributed by atoms with Gasteiger partial charge in [-0.1, -0.05) is 18.2 Å². The first-order valence-electron chi connectivity index (χ1n) is 6.99. The van der Waals surface area contributed by atoms with Crippen molar-refractivity contribution in [1.29, 1.82) is 0 Å². The summed E-state index contributed by atoms with van der Waals surface area (Å²) in [5.41, 5.74) is 1.28. The molecule has 0 saturated carbocycles. The molecule has 5 nitrogen and oxygen atoms in total. The second kappa shape index (κ2) is 5.42. The predicted molar refractivity (Wildman–Crippen MR) is 79.0 cm³/mol. The quantitative estimate of drug-likeness (QED) is 0.939. The van der Waals surface area contributed by atoms with Gasteiger partial charge in [-0.05, 0) is 26.0 Å². The molecule has 1 atom stereocenters. The van der Waals surface area contributed by atoms with E-state index < -0.39 is 5.79 Å². The lowest BCUT2D eigenvalue weighted by molar-refractivity contribution is -0.137. The molecular formula is C16H18N2O3. The van der Waals surface area contributed by atoms with Crippen molar-refractivity contribution in [2.75, 3.05) is 13.2 Å². The molecule has 0 aliphatic carbocycles. The molecule has 1 fully saturated rings. The van der Waals surface area contributed by atoms with Gasteiger partial charge in [0.25, 0.3) is 5.91 Å². The Morgan fingerprint density at radius 3 is 2.95 bits per heavy atom. The maximum absolute atomic E-state index is 12.3. The van der Waals surface area contributed by atoms with Crippen molar-refractivity contribution in [3.8, 4) is 0 Å². The molecule has 0 bridgehead atoms. The van der Waals surface area contributed by atoms with Crippen molar-refractivity contribution < 1.29 is 14.3 Å². The normalized spacial score (nSPS) is 20.6. The van der Waals surface area contributed by atoms with Crippen LogP contribution in [0.1, 0.15) is 24.2 Å². The summed E-state index contributed by atoms with van der Waals surface area (Å²) in [7, 11) is 0. The zero-order chi connectivity index (χ0) is 14.9. The molecule has 1 amide bonds. The molecule has 1 N–H and O–H groups in total.